The molecule has 0 aromatic rings. The molecule has 1 saturated heterocycles. The molecule has 0 aromatic carbocycles. The Hall–Kier alpha value is -0.610. The van der Waals surface area contributed by atoms with Crippen LogP contribution in [-0.4, -0.2) is 43.2 Å². The molecule has 4 nitrogen and oxygen atoms in total. The van der Waals surface area contributed by atoms with Crippen LogP contribution in [0, 0.1) is 5.92 Å². The summed E-state index contributed by atoms with van der Waals surface area (Å²) in [5.41, 5.74) is 6.02. The molecular formula is C13H24N2O2. The smallest absolute Gasteiger partial charge is 0.311 e. The van der Waals surface area contributed by atoms with Gasteiger partial charge in [0.2, 0.25) is 0 Å². The molecule has 0 amide bonds. The fourth-order valence-corrected chi connectivity index (χ4v) is 3.17. The first-order valence-electron chi connectivity index (χ1n) is 6.80. The zero-order chi connectivity index (χ0) is 12.3. The van der Waals surface area contributed by atoms with Gasteiger partial charge in [0.15, 0.2) is 0 Å². The quantitative estimate of drug-likeness (QED) is 0.735. The molecule has 2 atom stereocenters. The van der Waals surface area contributed by atoms with Gasteiger partial charge < -0.3 is 10.5 Å². The number of carbonyl (C=O) groups is 1. The predicted molar refractivity (Wildman–Crippen MR) is 66.5 cm³/mol. The predicted octanol–water partition coefficient (Wildman–Crippen LogP) is 1.14. The van der Waals surface area contributed by atoms with Gasteiger partial charge in [0.05, 0.1) is 13.0 Å². The van der Waals surface area contributed by atoms with Crippen molar-refractivity contribution in [3.63, 3.8) is 0 Å². The van der Waals surface area contributed by atoms with Crippen molar-refractivity contribution < 1.29 is 9.53 Å². The van der Waals surface area contributed by atoms with Crippen LogP contribution in [0.5, 0.6) is 0 Å². The summed E-state index contributed by atoms with van der Waals surface area (Å²) >= 11 is 0. The Morgan fingerprint density at radius 3 is 2.59 bits per heavy atom. The van der Waals surface area contributed by atoms with E-state index in [4.69, 9.17) is 10.5 Å². The van der Waals surface area contributed by atoms with E-state index in [1.165, 1.54) is 39.2 Å². The molecule has 2 N–H and O–H groups in total. The molecule has 4 heteroatoms. The van der Waals surface area contributed by atoms with E-state index in [0.717, 1.165) is 19.5 Å². The number of nitrogens with two attached hydrogens (primary N) is 1. The second-order valence-electron chi connectivity index (χ2n) is 5.37. The van der Waals surface area contributed by atoms with Crippen LogP contribution in [0.4, 0.5) is 0 Å². The molecule has 0 radical (unpaired) electrons. The topological polar surface area (TPSA) is 55.6 Å². The van der Waals surface area contributed by atoms with E-state index < -0.39 is 0 Å². The fraction of sp³-hybridized carbons (Fsp3) is 0.923. The standard InChI is InChI=1S/C13H24N2O2/c1-17-13(16)11-9-15(8-7-12(11)14)10-5-3-2-4-6-10/h10-12H,2-9,14H2,1H3. The van der Waals surface area contributed by atoms with Crippen molar-refractivity contribution in [1.29, 1.82) is 0 Å². The minimum atomic E-state index is -0.141. The van der Waals surface area contributed by atoms with Gasteiger partial charge in [-0.15, -0.1) is 0 Å². The summed E-state index contributed by atoms with van der Waals surface area (Å²) in [6.07, 6.45) is 7.50. The summed E-state index contributed by atoms with van der Waals surface area (Å²) in [6, 6.07) is 0.644. The number of rotatable bonds is 2. The largest absolute Gasteiger partial charge is 0.469 e. The zero-order valence-electron chi connectivity index (χ0n) is 10.7. The normalized spacial score (nSPS) is 32.4. The second kappa shape index (κ2) is 5.83. The van der Waals surface area contributed by atoms with Crippen molar-refractivity contribution in [3.05, 3.63) is 0 Å². The van der Waals surface area contributed by atoms with E-state index in [-0.39, 0.29) is 17.9 Å². The molecule has 2 aliphatic rings. The monoisotopic (exact) mass is 240 g/mol. The van der Waals surface area contributed by atoms with Crippen LogP contribution in [0.2, 0.25) is 0 Å². The third kappa shape index (κ3) is 2.99. The average molecular weight is 240 g/mol. The first kappa shape index (κ1) is 12.8. The second-order valence-corrected chi connectivity index (χ2v) is 5.37. The Labute approximate surface area is 103 Å². The fourth-order valence-electron chi connectivity index (χ4n) is 3.17. The molecule has 1 aliphatic heterocycles. The van der Waals surface area contributed by atoms with Gasteiger partial charge in [-0.1, -0.05) is 19.3 Å². The zero-order valence-corrected chi connectivity index (χ0v) is 10.7. The molecule has 0 bridgehead atoms. The molecule has 17 heavy (non-hydrogen) atoms. The first-order chi connectivity index (χ1) is 8.22. The molecular weight excluding hydrogens is 216 g/mol. The number of hydrogen-bond donors (Lipinski definition) is 1. The van der Waals surface area contributed by atoms with Gasteiger partial charge in [-0.25, -0.2) is 0 Å². The third-order valence-corrected chi connectivity index (χ3v) is 4.29. The van der Waals surface area contributed by atoms with E-state index in [0.29, 0.717) is 6.04 Å². The minimum Gasteiger partial charge on any atom is -0.469 e. The lowest BCUT2D eigenvalue weighted by Gasteiger charge is -2.41. The minimum absolute atomic E-state index is 0.0257. The highest BCUT2D eigenvalue weighted by Crippen LogP contribution is 2.27. The van der Waals surface area contributed by atoms with Gasteiger partial charge in [-0.3, -0.25) is 9.69 Å². The first-order valence-corrected chi connectivity index (χ1v) is 6.80. The lowest BCUT2D eigenvalue weighted by Crippen LogP contribution is -2.53. The van der Waals surface area contributed by atoms with Crippen LogP contribution in [0.25, 0.3) is 0 Å². The van der Waals surface area contributed by atoms with Crippen LogP contribution in [0.3, 0.4) is 0 Å². The maximum absolute atomic E-state index is 11.7. The number of methoxy groups -OCH3 is 1. The number of carbonyl (C=O) groups excluding carboxylic acids is 1. The summed E-state index contributed by atoms with van der Waals surface area (Å²) in [4.78, 5) is 14.1. The summed E-state index contributed by atoms with van der Waals surface area (Å²) in [5.74, 6) is -0.270. The van der Waals surface area contributed by atoms with E-state index in [1.807, 2.05) is 0 Å². The maximum atomic E-state index is 11.7. The van der Waals surface area contributed by atoms with Crippen molar-refractivity contribution in [2.24, 2.45) is 11.7 Å². The van der Waals surface area contributed by atoms with Gasteiger partial charge >= 0.3 is 5.97 Å². The Bertz CT molecular complexity index is 264. The van der Waals surface area contributed by atoms with Crippen LogP contribution in [-0.2, 0) is 9.53 Å². The van der Waals surface area contributed by atoms with Gasteiger partial charge in [0.1, 0.15) is 0 Å². The Morgan fingerprint density at radius 2 is 1.94 bits per heavy atom. The summed E-state index contributed by atoms with van der Waals surface area (Å²) in [6.45, 7) is 1.83. The lowest BCUT2D eigenvalue weighted by molar-refractivity contribution is -0.148. The number of likely N-dealkylation sites (tertiary alicyclic amines) is 1. The van der Waals surface area contributed by atoms with Crippen LogP contribution < -0.4 is 5.73 Å². The summed E-state index contributed by atoms with van der Waals surface area (Å²) < 4.78 is 4.85. The highest BCUT2D eigenvalue weighted by molar-refractivity contribution is 5.73. The molecule has 2 rings (SSSR count). The van der Waals surface area contributed by atoms with Crippen molar-refractivity contribution in [2.75, 3.05) is 20.2 Å². The number of hydrogen-bond acceptors (Lipinski definition) is 4. The summed E-state index contributed by atoms with van der Waals surface area (Å²) in [5, 5.41) is 0. The van der Waals surface area contributed by atoms with Crippen molar-refractivity contribution >= 4 is 5.97 Å². The van der Waals surface area contributed by atoms with Gasteiger partial charge in [0.25, 0.3) is 0 Å². The number of esters is 1. The lowest BCUT2D eigenvalue weighted by atomic mass is 9.88. The Balaban J connectivity index is 1.94. The average Bonchev–Trinajstić information content (AvgIpc) is 2.39. The molecule has 98 valence electrons. The molecule has 2 fully saturated rings. The molecule has 2 unspecified atom stereocenters. The highest BCUT2D eigenvalue weighted by atomic mass is 16.5. The van der Waals surface area contributed by atoms with Gasteiger partial charge in [0, 0.05) is 18.6 Å². The SMILES string of the molecule is COC(=O)C1CN(C2CCCCC2)CCC1N. The van der Waals surface area contributed by atoms with Gasteiger partial charge in [-0.2, -0.15) is 0 Å². The van der Waals surface area contributed by atoms with Crippen molar-refractivity contribution in [1.82, 2.24) is 4.90 Å². The molecule has 0 aromatic heterocycles. The van der Waals surface area contributed by atoms with E-state index in [2.05, 4.69) is 4.90 Å². The number of piperidine rings is 1. The van der Waals surface area contributed by atoms with Crippen LogP contribution in [0.15, 0.2) is 0 Å². The molecule has 1 heterocycles. The third-order valence-electron chi connectivity index (χ3n) is 4.29. The highest BCUT2D eigenvalue weighted by Gasteiger charge is 2.35. The molecule has 1 saturated carbocycles. The summed E-state index contributed by atoms with van der Waals surface area (Å²) in [7, 11) is 1.45. The number of ether oxygens (including phenoxy) is 1. The van der Waals surface area contributed by atoms with E-state index in [9.17, 15) is 4.79 Å². The van der Waals surface area contributed by atoms with Crippen molar-refractivity contribution in [2.45, 2.75) is 50.6 Å². The number of nitrogens with zero attached hydrogens (tertiary/aromatic N) is 1. The van der Waals surface area contributed by atoms with E-state index in [1.54, 1.807) is 0 Å². The Kier molecular flexibility index (Phi) is 4.40. The van der Waals surface area contributed by atoms with Crippen LogP contribution in [0.1, 0.15) is 38.5 Å². The Morgan fingerprint density at radius 1 is 1.24 bits per heavy atom. The van der Waals surface area contributed by atoms with Crippen molar-refractivity contribution in [3.8, 4) is 0 Å². The molecule has 0 spiro atoms. The molecule has 1 aliphatic carbocycles. The maximum Gasteiger partial charge on any atom is 0.311 e. The van der Waals surface area contributed by atoms with E-state index >= 15 is 0 Å². The van der Waals surface area contributed by atoms with Crippen LogP contribution >= 0.6 is 0 Å². The van der Waals surface area contributed by atoms with Gasteiger partial charge in [-0.05, 0) is 25.8 Å².